The van der Waals surface area contributed by atoms with Crippen molar-refractivity contribution in [3.8, 4) is 5.75 Å². The highest BCUT2D eigenvalue weighted by molar-refractivity contribution is 5.30. The summed E-state index contributed by atoms with van der Waals surface area (Å²) in [5.41, 5.74) is 0.905. The van der Waals surface area contributed by atoms with Gasteiger partial charge < -0.3 is 14.7 Å². The molecule has 27 heavy (non-hydrogen) atoms. The summed E-state index contributed by atoms with van der Waals surface area (Å²) in [6.45, 7) is 9.29. The summed E-state index contributed by atoms with van der Waals surface area (Å²) in [4.78, 5) is 0. The molecule has 0 atom stereocenters. The third-order valence-corrected chi connectivity index (χ3v) is 6.60. The second kappa shape index (κ2) is 8.10. The lowest BCUT2D eigenvalue weighted by molar-refractivity contribution is -0.245. The first-order chi connectivity index (χ1) is 12.7. The first-order valence-electron chi connectivity index (χ1n) is 10.5. The fourth-order valence-electron chi connectivity index (χ4n) is 5.09. The molecule has 1 saturated heterocycles. The Morgan fingerprint density at radius 3 is 2.04 bits per heavy atom. The van der Waals surface area contributed by atoms with Gasteiger partial charge in [-0.2, -0.15) is 5.06 Å². The van der Waals surface area contributed by atoms with Crippen LogP contribution in [0.3, 0.4) is 0 Å². The van der Waals surface area contributed by atoms with Crippen molar-refractivity contribution in [1.82, 2.24) is 5.06 Å². The van der Waals surface area contributed by atoms with Gasteiger partial charge in [-0.05, 0) is 95.8 Å². The monoisotopic (exact) mass is 375 g/mol. The molecule has 1 aliphatic heterocycles. The Hall–Kier alpha value is -1.10. The van der Waals surface area contributed by atoms with Crippen LogP contribution in [0.4, 0.5) is 0 Å². The second-order valence-corrected chi connectivity index (χ2v) is 9.80. The number of hydroxylamine groups is 2. The van der Waals surface area contributed by atoms with E-state index in [-0.39, 0.29) is 11.1 Å². The van der Waals surface area contributed by atoms with E-state index in [9.17, 15) is 5.21 Å². The van der Waals surface area contributed by atoms with Gasteiger partial charge in [-0.3, -0.25) is 0 Å². The highest BCUT2D eigenvalue weighted by atomic mass is 16.5. The summed E-state index contributed by atoms with van der Waals surface area (Å²) in [6.07, 6.45) is 7.04. The molecule has 0 bridgehead atoms. The van der Waals surface area contributed by atoms with Crippen LogP contribution in [0.2, 0.25) is 0 Å². The van der Waals surface area contributed by atoms with Crippen LogP contribution in [-0.2, 0) is 4.74 Å². The minimum absolute atomic E-state index is 0.220. The smallest absolute Gasteiger partial charge is 0.119 e. The SMILES string of the molecule is COC1CCC(COc2ccc(C3CC(C)(C)N(O)C(C)(C)C3)cc2)CC1. The predicted molar refractivity (Wildman–Crippen MR) is 108 cm³/mol. The summed E-state index contributed by atoms with van der Waals surface area (Å²) in [5, 5.41) is 12.1. The lowest BCUT2D eigenvalue weighted by atomic mass is 9.73. The number of nitrogens with zero attached hydrogens (tertiary/aromatic N) is 1. The highest BCUT2D eigenvalue weighted by Crippen LogP contribution is 2.44. The highest BCUT2D eigenvalue weighted by Gasteiger charge is 2.45. The largest absolute Gasteiger partial charge is 0.493 e. The molecule has 0 spiro atoms. The number of hydrogen-bond donors (Lipinski definition) is 1. The van der Waals surface area contributed by atoms with Crippen molar-refractivity contribution in [3.05, 3.63) is 29.8 Å². The van der Waals surface area contributed by atoms with E-state index in [1.165, 1.54) is 18.4 Å². The Kier molecular flexibility index (Phi) is 6.19. The molecular formula is C23H37NO3. The second-order valence-electron chi connectivity index (χ2n) is 9.80. The molecular weight excluding hydrogens is 338 g/mol. The van der Waals surface area contributed by atoms with E-state index >= 15 is 0 Å². The van der Waals surface area contributed by atoms with Crippen molar-refractivity contribution < 1.29 is 14.7 Å². The molecule has 1 aromatic carbocycles. The quantitative estimate of drug-likeness (QED) is 0.748. The Morgan fingerprint density at radius 1 is 0.963 bits per heavy atom. The summed E-state index contributed by atoms with van der Waals surface area (Å²) < 4.78 is 11.5. The van der Waals surface area contributed by atoms with Gasteiger partial charge >= 0.3 is 0 Å². The molecule has 152 valence electrons. The molecule has 1 saturated carbocycles. The molecule has 0 radical (unpaired) electrons. The van der Waals surface area contributed by atoms with E-state index in [0.717, 1.165) is 38.0 Å². The van der Waals surface area contributed by atoms with Gasteiger partial charge in [0.05, 0.1) is 12.7 Å². The molecule has 0 aromatic heterocycles. The lowest BCUT2D eigenvalue weighted by Crippen LogP contribution is -2.58. The van der Waals surface area contributed by atoms with Gasteiger partial charge in [0.25, 0.3) is 0 Å². The fraction of sp³-hybridized carbons (Fsp3) is 0.739. The van der Waals surface area contributed by atoms with Crippen LogP contribution in [-0.4, -0.2) is 41.2 Å². The van der Waals surface area contributed by atoms with E-state index in [1.807, 2.05) is 7.11 Å². The van der Waals surface area contributed by atoms with E-state index < -0.39 is 0 Å². The third kappa shape index (κ3) is 4.85. The van der Waals surface area contributed by atoms with Gasteiger partial charge in [0, 0.05) is 18.2 Å². The van der Waals surface area contributed by atoms with Crippen LogP contribution in [0.15, 0.2) is 24.3 Å². The summed E-state index contributed by atoms with van der Waals surface area (Å²) in [7, 11) is 1.82. The van der Waals surface area contributed by atoms with Gasteiger partial charge in [0.15, 0.2) is 0 Å². The van der Waals surface area contributed by atoms with Gasteiger partial charge in [-0.15, -0.1) is 0 Å². The summed E-state index contributed by atoms with van der Waals surface area (Å²) in [5.74, 6) is 2.06. The fourth-order valence-corrected chi connectivity index (χ4v) is 5.09. The van der Waals surface area contributed by atoms with E-state index in [4.69, 9.17) is 9.47 Å². The number of hydrogen-bond acceptors (Lipinski definition) is 4. The lowest BCUT2D eigenvalue weighted by Gasteiger charge is -2.51. The number of ether oxygens (including phenoxy) is 2. The van der Waals surface area contributed by atoms with Gasteiger partial charge in [-0.25, -0.2) is 0 Å². The molecule has 3 rings (SSSR count). The molecule has 0 unspecified atom stereocenters. The molecule has 2 fully saturated rings. The molecule has 1 heterocycles. The Bertz CT molecular complexity index is 585. The third-order valence-electron chi connectivity index (χ3n) is 6.60. The average molecular weight is 376 g/mol. The topological polar surface area (TPSA) is 41.9 Å². The van der Waals surface area contributed by atoms with Crippen LogP contribution >= 0.6 is 0 Å². The Labute approximate surface area is 164 Å². The number of rotatable bonds is 5. The molecule has 4 nitrogen and oxygen atoms in total. The van der Waals surface area contributed by atoms with Crippen molar-refractivity contribution in [2.24, 2.45) is 5.92 Å². The van der Waals surface area contributed by atoms with E-state index in [1.54, 1.807) is 5.06 Å². The van der Waals surface area contributed by atoms with E-state index in [2.05, 4.69) is 52.0 Å². The van der Waals surface area contributed by atoms with Crippen LogP contribution < -0.4 is 4.74 Å². The van der Waals surface area contributed by atoms with Crippen molar-refractivity contribution in [2.75, 3.05) is 13.7 Å². The molecule has 4 heteroatoms. The van der Waals surface area contributed by atoms with Crippen LogP contribution in [0.5, 0.6) is 5.75 Å². The standard InChI is InChI=1S/C23H37NO3/c1-22(2)14-19(15-23(3,4)24(22)25)18-8-12-21(13-9-18)27-16-17-6-10-20(26-5)11-7-17/h8-9,12-13,17,19-20,25H,6-7,10-11,14-16H2,1-5H3. The zero-order chi connectivity index (χ0) is 19.7. The van der Waals surface area contributed by atoms with Crippen molar-refractivity contribution in [3.63, 3.8) is 0 Å². The van der Waals surface area contributed by atoms with E-state index in [0.29, 0.717) is 17.9 Å². The first-order valence-corrected chi connectivity index (χ1v) is 10.5. The predicted octanol–water partition coefficient (Wildman–Crippen LogP) is 5.40. The van der Waals surface area contributed by atoms with Gasteiger partial charge in [-0.1, -0.05) is 12.1 Å². The van der Waals surface area contributed by atoms with Crippen LogP contribution in [0.1, 0.15) is 77.7 Å². The van der Waals surface area contributed by atoms with Crippen molar-refractivity contribution in [2.45, 2.75) is 89.3 Å². The van der Waals surface area contributed by atoms with Crippen LogP contribution in [0, 0.1) is 5.92 Å². The molecule has 1 aliphatic carbocycles. The van der Waals surface area contributed by atoms with Crippen molar-refractivity contribution in [1.29, 1.82) is 0 Å². The summed E-state index contributed by atoms with van der Waals surface area (Å²) >= 11 is 0. The molecule has 1 N–H and O–H groups in total. The minimum atomic E-state index is -0.220. The molecule has 0 amide bonds. The molecule has 2 aliphatic rings. The zero-order valence-corrected chi connectivity index (χ0v) is 17.7. The first kappa shape index (κ1) is 20.6. The summed E-state index contributed by atoms with van der Waals surface area (Å²) in [6, 6.07) is 8.64. The zero-order valence-electron chi connectivity index (χ0n) is 17.7. The maximum Gasteiger partial charge on any atom is 0.119 e. The number of benzene rings is 1. The molecule has 1 aromatic rings. The van der Waals surface area contributed by atoms with Crippen LogP contribution in [0.25, 0.3) is 0 Å². The average Bonchev–Trinajstić information content (AvgIpc) is 2.65. The normalized spacial score (nSPS) is 28.8. The Balaban J connectivity index is 1.56. The maximum atomic E-state index is 10.5. The minimum Gasteiger partial charge on any atom is -0.493 e. The van der Waals surface area contributed by atoms with Gasteiger partial charge in [0.1, 0.15) is 5.75 Å². The van der Waals surface area contributed by atoms with Crippen molar-refractivity contribution >= 4 is 0 Å². The Morgan fingerprint density at radius 2 is 1.52 bits per heavy atom. The number of piperidine rings is 1. The number of methoxy groups -OCH3 is 1. The van der Waals surface area contributed by atoms with Gasteiger partial charge in [0.2, 0.25) is 0 Å². The maximum absolute atomic E-state index is 10.5.